The Kier molecular flexibility index (Phi) is 16.8. The molecule has 0 fully saturated rings. The zero-order valence-electron chi connectivity index (χ0n) is 17.4. The summed E-state index contributed by atoms with van der Waals surface area (Å²) in [6.45, 7) is 12.2. The minimum absolute atomic E-state index is 1.12. The second-order valence-electron chi connectivity index (χ2n) is 8.10. The van der Waals surface area contributed by atoms with Gasteiger partial charge in [-0.2, -0.15) is 0 Å². The summed E-state index contributed by atoms with van der Waals surface area (Å²) in [5.74, 6) is 0. The average molecular weight is 431 g/mol. The molecule has 0 heterocycles. The van der Waals surface area contributed by atoms with Gasteiger partial charge in [0.25, 0.3) is 0 Å². The van der Waals surface area contributed by atoms with Gasteiger partial charge in [-0.1, -0.05) is 0 Å². The zero-order valence-corrected chi connectivity index (χ0v) is 20.2. The van der Waals surface area contributed by atoms with Gasteiger partial charge < -0.3 is 0 Å². The molecule has 0 aliphatic heterocycles. The fourth-order valence-electron chi connectivity index (χ4n) is 4.26. The number of hydrogen-bond donors (Lipinski definition) is 0. The fourth-order valence-corrected chi connectivity index (χ4v) is 21.3. The van der Waals surface area contributed by atoms with E-state index in [1.54, 1.807) is 32.6 Å². The summed E-state index contributed by atoms with van der Waals surface area (Å²) in [5, 5.41) is 0. The average Bonchev–Trinajstić information content (AvgIpc) is 2.58. The van der Waals surface area contributed by atoms with Crippen LogP contribution in [0.4, 0.5) is 0 Å². The van der Waals surface area contributed by atoms with Crippen molar-refractivity contribution in [3.63, 3.8) is 0 Å². The summed E-state index contributed by atoms with van der Waals surface area (Å²) in [5.41, 5.74) is 0. The maximum absolute atomic E-state index is 2.65. The summed E-state index contributed by atoms with van der Waals surface area (Å²) >= 11 is -1.92. The summed E-state index contributed by atoms with van der Waals surface area (Å²) in [6.07, 6.45) is 19.3. The first-order chi connectivity index (χ1) is 11.2. The van der Waals surface area contributed by atoms with E-state index in [9.17, 15) is 0 Å². The van der Waals surface area contributed by atoms with Crippen LogP contribution in [0.5, 0.6) is 0 Å². The molecule has 0 aliphatic carbocycles. The van der Waals surface area contributed by atoms with Gasteiger partial charge >= 0.3 is 154 Å². The second-order valence-corrected chi connectivity index (χ2v) is 23.0. The van der Waals surface area contributed by atoms with Crippen LogP contribution in [0.3, 0.4) is 0 Å². The van der Waals surface area contributed by atoms with Gasteiger partial charge in [0.2, 0.25) is 0 Å². The van der Waals surface area contributed by atoms with Gasteiger partial charge in [0.1, 0.15) is 0 Å². The Morgan fingerprint density at radius 1 is 0.522 bits per heavy atom. The minimum atomic E-state index is -1.92. The van der Waals surface area contributed by atoms with Gasteiger partial charge in [0, 0.05) is 0 Å². The first-order valence-electron chi connectivity index (χ1n) is 11.2. The second kappa shape index (κ2) is 16.3. The van der Waals surface area contributed by atoms with Crippen molar-refractivity contribution in [2.75, 3.05) is 0 Å². The van der Waals surface area contributed by atoms with Crippen LogP contribution in [0.1, 0.15) is 118 Å². The predicted molar refractivity (Wildman–Crippen MR) is 112 cm³/mol. The first kappa shape index (κ1) is 23.8. The van der Waals surface area contributed by atoms with Crippen molar-refractivity contribution in [3.8, 4) is 0 Å². The zero-order chi connectivity index (χ0) is 17.4. The van der Waals surface area contributed by atoms with E-state index in [1.165, 1.54) is 64.2 Å². The summed E-state index contributed by atoms with van der Waals surface area (Å²) in [7, 11) is 0. The van der Waals surface area contributed by atoms with Crippen LogP contribution >= 0.6 is 0 Å². The van der Waals surface area contributed by atoms with Crippen molar-refractivity contribution < 1.29 is 0 Å². The number of rotatable bonds is 17. The SMILES string of the molecule is CCCCC[CH2][Sn]([CH2]CCCCC)([CH2]CCCCC)[CH](C)CC. The van der Waals surface area contributed by atoms with Crippen LogP contribution < -0.4 is 0 Å². The quantitative estimate of drug-likeness (QED) is 0.159. The predicted octanol–water partition coefficient (Wildman–Crippen LogP) is 8.98. The van der Waals surface area contributed by atoms with Crippen molar-refractivity contribution in [3.05, 3.63) is 0 Å². The molecule has 0 nitrogen and oxygen atoms in total. The third kappa shape index (κ3) is 11.1. The van der Waals surface area contributed by atoms with Crippen LogP contribution in [-0.4, -0.2) is 18.4 Å². The molecule has 0 spiro atoms. The van der Waals surface area contributed by atoms with Gasteiger partial charge in [0.15, 0.2) is 0 Å². The van der Waals surface area contributed by atoms with Crippen LogP contribution in [0, 0.1) is 0 Å². The third-order valence-corrected chi connectivity index (χ3v) is 24.9. The van der Waals surface area contributed by atoms with Gasteiger partial charge in [-0.25, -0.2) is 0 Å². The molecule has 0 saturated heterocycles. The molecule has 0 aromatic rings. The molecule has 0 bridgehead atoms. The fraction of sp³-hybridized carbons (Fsp3) is 1.00. The van der Waals surface area contributed by atoms with E-state index in [1.807, 2.05) is 0 Å². The van der Waals surface area contributed by atoms with Gasteiger partial charge in [-0.15, -0.1) is 0 Å². The molecule has 0 saturated carbocycles. The first-order valence-corrected chi connectivity index (χ1v) is 18.9. The third-order valence-electron chi connectivity index (χ3n) is 6.24. The Labute approximate surface area is 153 Å². The van der Waals surface area contributed by atoms with Crippen LogP contribution in [0.15, 0.2) is 0 Å². The van der Waals surface area contributed by atoms with E-state index in [4.69, 9.17) is 0 Å². The van der Waals surface area contributed by atoms with Gasteiger partial charge in [0.05, 0.1) is 0 Å². The molecule has 0 rings (SSSR count). The van der Waals surface area contributed by atoms with Crippen molar-refractivity contribution in [2.45, 2.75) is 135 Å². The Balaban J connectivity index is 4.66. The summed E-state index contributed by atoms with van der Waals surface area (Å²) < 4.78 is 6.25. The molecule has 0 aromatic carbocycles. The molecule has 23 heavy (non-hydrogen) atoms. The molecule has 0 aromatic heterocycles. The standard InChI is InChI=1S/3C6H13.C4H9.Sn/c3*1-3-5-6-4-2;1-3-4-2;/h3*1,3-6H2,2H3;3H,4H2,1-2H3;. The maximum atomic E-state index is 2.65. The molecular weight excluding hydrogens is 383 g/mol. The van der Waals surface area contributed by atoms with Crippen molar-refractivity contribution in [1.82, 2.24) is 0 Å². The Morgan fingerprint density at radius 2 is 0.870 bits per heavy atom. The molecule has 0 amide bonds. The number of hydrogen-bond acceptors (Lipinski definition) is 0. The van der Waals surface area contributed by atoms with Gasteiger partial charge in [-0.05, 0) is 0 Å². The van der Waals surface area contributed by atoms with Crippen molar-refractivity contribution in [2.24, 2.45) is 0 Å². The van der Waals surface area contributed by atoms with Crippen molar-refractivity contribution >= 4 is 18.4 Å². The van der Waals surface area contributed by atoms with E-state index in [2.05, 4.69) is 34.6 Å². The summed E-state index contributed by atoms with van der Waals surface area (Å²) in [6, 6.07) is 0. The van der Waals surface area contributed by atoms with Gasteiger partial charge in [-0.3, -0.25) is 0 Å². The van der Waals surface area contributed by atoms with E-state index < -0.39 is 18.4 Å². The molecular formula is C22H48Sn. The summed E-state index contributed by atoms with van der Waals surface area (Å²) in [4.78, 5) is 0. The van der Waals surface area contributed by atoms with Crippen LogP contribution in [-0.2, 0) is 0 Å². The Bertz CT molecular complexity index is 205. The molecule has 140 valence electrons. The Hall–Kier alpha value is 0.799. The van der Waals surface area contributed by atoms with Crippen LogP contribution in [0.2, 0.25) is 17.2 Å². The van der Waals surface area contributed by atoms with E-state index in [-0.39, 0.29) is 0 Å². The number of unbranched alkanes of at least 4 members (excludes halogenated alkanes) is 9. The molecule has 1 heteroatoms. The monoisotopic (exact) mass is 432 g/mol. The molecule has 0 aliphatic rings. The topological polar surface area (TPSA) is 0 Å². The Morgan fingerprint density at radius 3 is 1.13 bits per heavy atom. The van der Waals surface area contributed by atoms with E-state index in [0.29, 0.717) is 0 Å². The molecule has 0 N–H and O–H groups in total. The molecule has 1 atom stereocenters. The normalized spacial score (nSPS) is 13.4. The van der Waals surface area contributed by atoms with E-state index >= 15 is 0 Å². The molecule has 0 radical (unpaired) electrons. The van der Waals surface area contributed by atoms with Crippen molar-refractivity contribution in [1.29, 1.82) is 0 Å². The van der Waals surface area contributed by atoms with E-state index in [0.717, 1.165) is 3.93 Å². The molecule has 1 unspecified atom stereocenters. The van der Waals surface area contributed by atoms with Crippen LogP contribution in [0.25, 0.3) is 0 Å².